The van der Waals surface area contributed by atoms with Gasteiger partial charge in [0.15, 0.2) is 0 Å². The molecule has 0 aromatic heterocycles. The van der Waals surface area contributed by atoms with Crippen molar-refractivity contribution in [1.82, 2.24) is 5.32 Å². The van der Waals surface area contributed by atoms with Crippen LogP contribution in [0.5, 0.6) is 11.5 Å². The summed E-state index contributed by atoms with van der Waals surface area (Å²) in [6.45, 7) is 9.47. The van der Waals surface area contributed by atoms with E-state index in [4.69, 9.17) is 9.47 Å². The maximum atomic E-state index is 11.2. The van der Waals surface area contributed by atoms with E-state index in [0.29, 0.717) is 19.0 Å². The van der Waals surface area contributed by atoms with Gasteiger partial charge in [0, 0.05) is 11.3 Å². The van der Waals surface area contributed by atoms with Crippen molar-refractivity contribution in [3.63, 3.8) is 0 Å². The van der Waals surface area contributed by atoms with Crippen molar-refractivity contribution in [1.29, 1.82) is 0 Å². The van der Waals surface area contributed by atoms with Gasteiger partial charge in [-0.15, -0.1) is 11.8 Å². The van der Waals surface area contributed by atoms with E-state index in [9.17, 15) is 9.90 Å². The van der Waals surface area contributed by atoms with Gasteiger partial charge in [-0.05, 0) is 30.0 Å². The lowest BCUT2D eigenvalue weighted by Crippen LogP contribution is -2.33. The zero-order chi connectivity index (χ0) is 21.0. The van der Waals surface area contributed by atoms with Gasteiger partial charge in [0.2, 0.25) is 0 Å². The Morgan fingerprint density at radius 3 is 2.48 bits per heavy atom. The van der Waals surface area contributed by atoms with E-state index < -0.39 is 12.0 Å². The summed E-state index contributed by atoms with van der Waals surface area (Å²) in [6, 6.07) is 13.5. The molecule has 1 aliphatic heterocycles. The molecule has 156 valence electrons. The summed E-state index contributed by atoms with van der Waals surface area (Å²) in [6.07, 6.45) is 0. The number of aliphatic carboxylic acids is 1. The summed E-state index contributed by atoms with van der Waals surface area (Å²) >= 11 is 1.58. The fraction of sp³-hybridized carbons (Fsp3) is 0.435. The smallest absolute Gasteiger partial charge is 0.321 e. The highest BCUT2D eigenvalue weighted by Gasteiger charge is 2.31. The molecule has 0 amide bonds. The minimum atomic E-state index is -0.820. The Bertz CT molecular complexity index is 862. The Morgan fingerprint density at radius 1 is 1.14 bits per heavy atom. The van der Waals surface area contributed by atoms with Crippen LogP contribution in [0.25, 0.3) is 0 Å². The zero-order valence-electron chi connectivity index (χ0n) is 17.4. The number of nitrogens with one attached hydrogen (secondary N) is 1. The number of para-hydroxylation sites is 1. The van der Waals surface area contributed by atoms with Crippen LogP contribution in [0.3, 0.4) is 0 Å². The highest BCUT2D eigenvalue weighted by atomic mass is 32.2. The Kier molecular flexibility index (Phi) is 6.75. The third kappa shape index (κ3) is 5.46. The lowest BCUT2D eigenvalue weighted by atomic mass is 9.85. The molecule has 2 aromatic rings. The van der Waals surface area contributed by atoms with Crippen LogP contribution in [-0.2, 0) is 10.2 Å². The average molecular weight is 416 g/mol. The number of thioether (sulfide) groups is 1. The molecule has 5 nitrogen and oxygen atoms in total. The van der Waals surface area contributed by atoms with Crippen LogP contribution in [0.15, 0.2) is 42.5 Å². The van der Waals surface area contributed by atoms with E-state index in [1.54, 1.807) is 11.8 Å². The van der Waals surface area contributed by atoms with Gasteiger partial charge in [0.05, 0.1) is 5.37 Å². The van der Waals surface area contributed by atoms with Crippen molar-refractivity contribution in [3.05, 3.63) is 59.2 Å². The van der Waals surface area contributed by atoms with Gasteiger partial charge in [-0.2, -0.15) is 0 Å². The quantitative estimate of drug-likeness (QED) is 0.647. The molecule has 0 radical (unpaired) electrons. The van der Waals surface area contributed by atoms with Crippen molar-refractivity contribution in [3.8, 4) is 11.5 Å². The summed E-state index contributed by atoms with van der Waals surface area (Å²) < 4.78 is 12.0. The first-order valence-corrected chi connectivity index (χ1v) is 10.9. The zero-order valence-corrected chi connectivity index (χ0v) is 18.2. The van der Waals surface area contributed by atoms with Crippen LogP contribution < -0.4 is 14.8 Å². The van der Waals surface area contributed by atoms with E-state index in [1.807, 2.05) is 30.3 Å². The van der Waals surface area contributed by atoms with Crippen molar-refractivity contribution in [2.75, 3.05) is 19.0 Å². The molecule has 2 aromatic carbocycles. The van der Waals surface area contributed by atoms with Crippen LogP contribution in [0.4, 0.5) is 0 Å². The van der Waals surface area contributed by atoms with E-state index in [0.717, 1.165) is 17.1 Å². The second-order valence-corrected chi connectivity index (χ2v) is 9.39. The number of carboxylic acids is 1. The third-order valence-electron chi connectivity index (χ3n) is 4.82. The summed E-state index contributed by atoms with van der Waals surface area (Å²) in [5, 5.41) is 12.3. The summed E-state index contributed by atoms with van der Waals surface area (Å²) in [5.41, 5.74) is 3.37. The number of carboxylic acid groups (broad SMARTS) is 1. The van der Waals surface area contributed by atoms with Crippen LogP contribution in [-0.4, -0.2) is 36.1 Å². The average Bonchev–Trinajstić information content (AvgIpc) is 3.16. The fourth-order valence-electron chi connectivity index (χ4n) is 3.28. The maximum Gasteiger partial charge on any atom is 0.321 e. The van der Waals surface area contributed by atoms with E-state index in [2.05, 4.69) is 45.1 Å². The topological polar surface area (TPSA) is 67.8 Å². The number of aryl methyl sites for hydroxylation is 1. The Hall–Kier alpha value is -2.18. The fourth-order valence-corrected chi connectivity index (χ4v) is 4.54. The van der Waals surface area contributed by atoms with Crippen molar-refractivity contribution in [2.24, 2.45) is 0 Å². The van der Waals surface area contributed by atoms with Crippen molar-refractivity contribution >= 4 is 17.7 Å². The van der Waals surface area contributed by atoms with Gasteiger partial charge >= 0.3 is 5.97 Å². The number of rotatable bonds is 7. The minimum absolute atomic E-state index is 0.000851. The molecule has 29 heavy (non-hydrogen) atoms. The minimum Gasteiger partial charge on any atom is -0.490 e. The van der Waals surface area contributed by atoms with Gasteiger partial charge in [-0.1, -0.05) is 56.7 Å². The molecular formula is C23H29NO4S. The normalized spacial score (nSPS) is 19.2. The molecular weight excluding hydrogens is 386 g/mol. The lowest BCUT2D eigenvalue weighted by Gasteiger charge is -2.23. The van der Waals surface area contributed by atoms with Gasteiger partial charge in [0.25, 0.3) is 0 Å². The maximum absolute atomic E-state index is 11.2. The molecule has 0 bridgehead atoms. The molecule has 1 saturated heterocycles. The number of hydrogen-bond donors (Lipinski definition) is 2. The largest absolute Gasteiger partial charge is 0.490 e. The molecule has 2 atom stereocenters. The van der Waals surface area contributed by atoms with Crippen LogP contribution >= 0.6 is 11.8 Å². The number of carbonyl (C=O) groups is 1. The summed E-state index contributed by atoms with van der Waals surface area (Å²) in [4.78, 5) is 11.2. The molecule has 0 aliphatic carbocycles. The molecule has 2 N–H and O–H groups in total. The van der Waals surface area contributed by atoms with E-state index in [-0.39, 0.29) is 10.8 Å². The number of benzene rings is 2. The second-order valence-electron chi connectivity index (χ2n) is 8.26. The number of hydrogen-bond acceptors (Lipinski definition) is 5. The summed E-state index contributed by atoms with van der Waals surface area (Å²) in [5.74, 6) is 1.37. The van der Waals surface area contributed by atoms with Gasteiger partial charge < -0.3 is 14.6 Å². The second kappa shape index (κ2) is 9.09. The standard InChI is InChI=1S/C23H29NO4S/c1-15-9-10-20(17(13-15)23(2,3)4)28-12-11-27-19-8-6-5-7-16(19)21-24-18(14-29-21)22(25)26/h5-10,13,18,21,24H,11-12,14H2,1-4H3,(H,25,26). The molecule has 3 rings (SSSR count). The summed E-state index contributed by atoms with van der Waals surface area (Å²) in [7, 11) is 0. The molecule has 2 unspecified atom stereocenters. The Balaban J connectivity index is 1.61. The lowest BCUT2D eigenvalue weighted by molar-refractivity contribution is -0.138. The van der Waals surface area contributed by atoms with Gasteiger partial charge in [-0.3, -0.25) is 10.1 Å². The van der Waals surface area contributed by atoms with Crippen molar-refractivity contribution < 1.29 is 19.4 Å². The van der Waals surface area contributed by atoms with E-state index >= 15 is 0 Å². The predicted octanol–water partition coefficient (Wildman–Crippen LogP) is 4.54. The van der Waals surface area contributed by atoms with Gasteiger partial charge in [-0.25, -0.2) is 0 Å². The van der Waals surface area contributed by atoms with Crippen LogP contribution in [0, 0.1) is 6.92 Å². The molecule has 1 heterocycles. The monoisotopic (exact) mass is 415 g/mol. The van der Waals surface area contributed by atoms with Crippen molar-refractivity contribution in [2.45, 2.75) is 44.5 Å². The van der Waals surface area contributed by atoms with E-state index in [1.165, 1.54) is 11.1 Å². The first kappa shape index (κ1) is 21.5. The molecule has 1 fully saturated rings. The predicted molar refractivity (Wildman–Crippen MR) is 117 cm³/mol. The first-order valence-electron chi connectivity index (χ1n) is 9.82. The molecule has 0 spiro atoms. The van der Waals surface area contributed by atoms with Crippen LogP contribution in [0.2, 0.25) is 0 Å². The highest BCUT2D eigenvalue weighted by molar-refractivity contribution is 7.99. The molecule has 1 aliphatic rings. The SMILES string of the molecule is Cc1ccc(OCCOc2ccccc2C2NC(C(=O)O)CS2)c(C(C)(C)C)c1. The first-order chi connectivity index (χ1) is 13.8. The Labute approximate surface area is 176 Å². The molecule has 0 saturated carbocycles. The van der Waals surface area contributed by atoms with Gasteiger partial charge in [0.1, 0.15) is 30.8 Å². The Morgan fingerprint density at radius 2 is 1.83 bits per heavy atom. The molecule has 6 heteroatoms. The highest BCUT2D eigenvalue weighted by Crippen LogP contribution is 2.37. The number of ether oxygens (including phenoxy) is 2. The third-order valence-corrected chi connectivity index (χ3v) is 6.07. The van der Waals surface area contributed by atoms with Crippen LogP contribution in [0.1, 0.15) is 42.8 Å².